The highest BCUT2D eigenvalue weighted by Crippen LogP contribution is 2.42. The number of carbonyl (C=O) groups excluding carboxylic acids is 2. The number of hydrogen-bond donors (Lipinski definition) is 1. The molecule has 4 rings (SSSR count). The van der Waals surface area contributed by atoms with E-state index in [2.05, 4.69) is 11.2 Å². The number of amides is 2. The number of fused-ring (bicyclic) bond motifs is 2. The van der Waals surface area contributed by atoms with E-state index in [1.165, 1.54) is 0 Å². The van der Waals surface area contributed by atoms with Crippen LogP contribution in [0.15, 0.2) is 48.5 Å². The highest BCUT2D eigenvalue weighted by Gasteiger charge is 2.51. The minimum Gasteiger partial charge on any atom is -0.338 e. The van der Waals surface area contributed by atoms with Crippen molar-refractivity contribution in [2.75, 3.05) is 25.1 Å². The van der Waals surface area contributed by atoms with Gasteiger partial charge in [0.2, 0.25) is 0 Å². The van der Waals surface area contributed by atoms with Gasteiger partial charge in [0.05, 0.1) is 18.9 Å². The molecule has 0 unspecified atom stereocenters. The lowest BCUT2D eigenvalue weighted by molar-refractivity contribution is -0.255. The molecule has 2 aliphatic rings. The van der Waals surface area contributed by atoms with Gasteiger partial charge < -0.3 is 19.7 Å². The molecule has 1 spiro atoms. The number of nitrogens with one attached hydrogen (secondary N) is 1. The molecule has 2 amide bonds. The summed E-state index contributed by atoms with van der Waals surface area (Å²) in [7, 11) is 0. The lowest BCUT2D eigenvalue weighted by Gasteiger charge is -2.32. The second-order valence-electron chi connectivity index (χ2n) is 7.05. The summed E-state index contributed by atoms with van der Waals surface area (Å²) in [4.78, 5) is 27.5. The standard InChI is InChI=1S/C23H22N2O4/c1-2-3-12-25(16-17-8-5-4-6-9-17)21(26)18-10-11-20-19(15-18)23(22(27)24-20)28-13-7-14-29-23/h1,4-6,8-11,15H,3,7,12-14,16H2,(H,24,27). The molecule has 0 saturated carbocycles. The van der Waals surface area contributed by atoms with Crippen LogP contribution in [0.3, 0.4) is 0 Å². The van der Waals surface area contributed by atoms with Crippen molar-refractivity contribution in [3.05, 3.63) is 65.2 Å². The number of terminal acetylenes is 1. The third kappa shape index (κ3) is 3.63. The van der Waals surface area contributed by atoms with E-state index in [0.717, 1.165) is 12.0 Å². The Bertz CT molecular complexity index is 959. The predicted molar refractivity (Wildman–Crippen MR) is 108 cm³/mol. The maximum atomic E-state index is 13.3. The maximum Gasteiger partial charge on any atom is 0.289 e. The van der Waals surface area contributed by atoms with Gasteiger partial charge in [-0.15, -0.1) is 12.3 Å². The molecule has 0 aliphatic carbocycles. The second kappa shape index (κ2) is 8.08. The van der Waals surface area contributed by atoms with Crippen LogP contribution in [0, 0.1) is 12.3 Å². The van der Waals surface area contributed by atoms with E-state index in [1.54, 1.807) is 23.1 Å². The van der Waals surface area contributed by atoms with E-state index in [9.17, 15) is 9.59 Å². The molecule has 6 nitrogen and oxygen atoms in total. The summed E-state index contributed by atoms with van der Waals surface area (Å²) in [5, 5.41) is 2.79. The van der Waals surface area contributed by atoms with Crippen LogP contribution in [-0.2, 0) is 26.6 Å². The zero-order valence-corrected chi connectivity index (χ0v) is 16.0. The van der Waals surface area contributed by atoms with Crippen molar-refractivity contribution in [1.29, 1.82) is 0 Å². The van der Waals surface area contributed by atoms with Gasteiger partial charge in [-0.1, -0.05) is 30.3 Å². The number of nitrogens with zero attached hydrogens (tertiary/aromatic N) is 1. The summed E-state index contributed by atoms with van der Waals surface area (Å²) in [6.07, 6.45) is 6.60. The topological polar surface area (TPSA) is 67.9 Å². The number of carbonyl (C=O) groups is 2. The quantitative estimate of drug-likeness (QED) is 0.798. The van der Waals surface area contributed by atoms with Crippen LogP contribution in [0.1, 0.15) is 34.3 Å². The lowest BCUT2D eigenvalue weighted by Crippen LogP contribution is -2.43. The summed E-state index contributed by atoms with van der Waals surface area (Å²) < 4.78 is 11.5. The van der Waals surface area contributed by atoms with Crippen LogP contribution in [0.2, 0.25) is 0 Å². The summed E-state index contributed by atoms with van der Waals surface area (Å²) in [5.41, 5.74) is 2.63. The SMILES string of the molecule is C#CCCN(Cc1ccccc1)C(=O)c1ccc2c(c1)C1(OCCCO1)C(=O)N2. The monoisotopic (exact) mass is 390 g/mol. The van der Waals surface area contributed by atoms with Crippen LogP contribution in [0.25, 0.3) is 0 Å². The molecular formula is C23H22N2O4. The molecule has 2 heterocycles. The zero-order valence-electron chi connectivity index (χ0n) is 16.0. The first-order valence-corrected chi connectivity index (χ1v) is 9.64. The van der Waals surface area contributed by atoms with Crippen LogP contribution in [0.5, 0.6) is 0 Å². The van der Waals surface area contributed by atoms with Crippen LogP contribution in [0.4, 0.5) is 5.69 Å². The highest BCUT2D eigenvalue weighted by molar-refractivity contribution is 6.05. The lowest BCUT2D eigenvalue weighted by atomic mass is 10.0. The first-order valence-electron chi connectivity index (χ1n) is 9.64. The molecule has 6 heteroatoms. The van der Waals surface area contributed by atoms with Crippen LogP contribution >= 0.6 is 0 Å². The van der Waals surface area contributed by atoms with Gasteiger partial charge >= 0.3 is 0 Å². The predicted octanol–water partition coefficient (Wildman–Crippen LogP) is 2.89. The van der Waals surface area contributed by atoms with E-state index in [-0.39, 0.29) is 11.8 Å². The maximum absolute atomic E-state index is 13.3. The van der Waals surface area contributed by atoms with Crippen LogP contribution in [-0.4, -0.2) is 36.5 Å². The van der Waals surface area contributed by atoms with Gasteiger partial charge in [-0.3, -0.25) is 9.59 Å². The summed E-state index contributed by atoms with van der Waals surface area (Å²) in [6, 6.07) is 14.9. The van der Waals surface area contributed by atoms with E-state index in [1.807, 2.05) is 30.3 Å². The van der Waals surface area contributed by atoms with Gasteiger partial charge in [-0.2, -0.15) is 0 Å². The second-order valence-corrected chi connectivity index (χ2v) is 7.05. The van der Waals surface area contributed by atoms with Gasteiger partial charge in [-0.05, 0) is 30.2 Å². The molecule has 148 valence electrons. The van der Waals surface area contributed by atoms with E-state index >= 15 is 0 Å². The molecule has 1 saturated heterocycles. The Morgan fingerprint density at radius 3 is 2.66 bits per heavy atom. The van der Waals surface area contributed by atoms with Crippen molar-refractivity contribution in [2.24, 2.45) is 0 Å². The number of anilines is 1. The normalized spacial score (nSPS) is 16.7. The molecule has 0 radical (unpaired) electrons. The Kier molecular flexibility index (Phi) is 5.34. The van der Waals surface area contributed by atoms with Crippen LogP contribution < -0.4 is 5.32 Å². The Labute approximate surface area is 169 Å². The highest BCUT2D eigenvalue weighted by atomic mass is 16.7. The summed E-state index contributed by atoms with van der Waals surface area (Å²) in [5.74, 6) is 0.619. The molecule has 2 aliphatic heterocycles. The van der Waals surface area contributed by atoms with Crippen molar-refractivity contribution in [3.63, 3.8) is 0 Å². The van der Waals surface area contributed by atoms with Gasteiger partial charge in [0, 0.05) is 30.6 Å². The van der Waals surface area contributed by atoms with Crippen molar-refractivity contribution in [1.82, 2.24) is 4.90 Å². The van der Waals surface area contributed by atoms with Gasteiger partial charge in [0.25, 0.3) is 17.6 Å². The minimum absolute atomic E-state index is 0.155. The first-order chi connectivity index (χ1) is 14.1. The van der Waals surface area contributed by atoms with Crippen molar-refractivity contribution < 1.29 is 19.1 Å². The average molecular weight is 390 g/mol. The van der Waals surface area contributed by atoms with Gasteiger partial charge in [0.15, 0.2) is 0 Å². The Balaban J connectivity index is 1.64. The third-order valence-electron chi connectivity index (χ3n) is 5.10. The molecule has 2 aromatic rings. The summed E-state index contributed by atoms with van der Waals surface area (Å²) >= 11 is 0. The molecule has 1 fully saturated rings. The van der Waals surface area contributed by atoms with E-state index in [4.69, 9.17) is 15.9 Å². The average Bonchev–Trinajstić information content (AvgIpc) is 3.02. The number of benzene rings is 2. The Hall–Kier alpha value is -3.14. The molecule has 1 N–H and O–H groups in total. The van der Waals surface area contributed by atoms with Crippen molar-refractivity contribution in [3.8, 4) is 12.3 Å². The van der Waals surface area contributed by atoms with Gasteiger partial charge in [-0.25, -0.2) is 0 Å². The molecule has 2 aromatic carbocycles. The fourth-order valence-electron chi connectivity index (χ4n) is 3.64. The fourth-order valence-corrected chi connectivity index (χ4v) is 3.64. The number of rotatable bonds is 5. The molecular weight excluding hydrogens is 368 g/mol. The zero-order chi connectivity index (χ0) is 20.3. The number of ether oxygens (including phenoxy) is 2. The number of hydrogen-bond acceptors (Lipinski definition) is 4. The largest absolute Gasteiger partial charge is 0.338 e. The molecule has 0 atom stereocenters. The third-order valence-corrected chi connectivity index (χ3v) is 5.10. The summed E-state index contributed by atoms with van der Waals surface area (Å²) in [6.45, 7) is 1.74. The molecule has 0 bridgehead atoms. The van der Waals surface area contributed by atoms with Crippen molar-refractivity contribution in [2.45, 2.75) is 25.2 Å². The Morgan fingerprint density at radius 1 is 1.17 bits per heavy atom. The van der Waals surface area contributed by atoms with E-state index < -0.39 is 5.79 Å². The Morgan fingerprint density at radius 2 is 1.93 bits per heavy atom. The minimum atomic E-state index is -1.47. The molecule has 0 aromatic heterocycles. The van der Waals surface area contributed by atoms with Gasteiger partial charge in [0.1, 0.15) is 0 Å². The van der Waals surface area contributed by atoms with E-state index in [0.29, 0.717) is 49.5 Å². The smallest absolute Gasteiger partial charge is 0.289 e. The van der Waals surface area contributed by atoms with Crippen molar-refractivity contribution >= 4 is 17.5 Å². The molecule has 29 heavy (non-hydrogen) atoms. The fraction of sp³-hybridized carbons (Fsp3) is 0.304. The first kappa shape index (κ1) is 19.2.